The monoisotopic (exact) mass is 498 g/mol. The number of rotatable bonds is 9. The maximum Gasteiger partial charge on any atom is 0.312 e. The van der Waals surface area contributed by atoms with Gasteiger partial charge in [0.1, 0.15) is 11.6 Å². The van der Waals surface area contributed by atoms with Gasteiger partial charge in [0.05, 0.1) is 37.2 Å². The molecule has 0 unspecified atom stereocenters. The van der Waals surface area contributed by atoms with Crippen LogP contribution in [-0.4, -0.2) is 81.8 Å². The molecule has 4 rings (SSSR count). The zero-order valence-corrected chi connectivity index (χ0v) is 21.7. The van der Waals surface area contributed by atoms with Crippen LogP contribution >= 0.6 is 0 Å². The zero-order valence-electron chi connectivity index (χ0n) is 21.7. The van der Waals surface area contributed by atoms with Gasteiger partial charge in [-0.15, -0.1) is 6.58 Å². The van der Waals surface area contributed by atoms with Gasteiger partial charge in [0, 0.05) is 12.1 Å². The first-order valence-corrected chi connectivity index (χ1v) is 12.8. The normalized spacial score (nSPS) is 29.7. The van der Waals surface area contributed by atoms with Gasteiger partial charge in [-0.1, -0.05) is 36.4 Å². The molecule has 3 aliphatic rings. The van der Waals surface area contributed by atoms with Gasteiger partial charge in [-0.3, -0.25) is 14.4 Å². The minimum Gasteiger partial charge on any atom is -0.466 e. The van der Waals surface area contributed by atoms with Gasteiger partial charge in [-0.2, -0.15) is 0 Å². The number of carbonyl (C=O) groups excluding carboxylic acids is 3. The van der Waals surface area contributed by atoms with E-state index in [-0.39, 0.29) is 25.0 Å². The van der Waals surface area contributed by atoms with Gasteiger partial charge >= 0.3 is 5.97 Å². The Hall–Kier alpha value is -2.71. The smallest absolute Gasteiger partial charge is 0.312 e. The van der Waals surface area contributed by atoms with Gasteiger partial charge in [0.15, 0.2) is 0 Å². The molecule has 3 fully saturated rings. The number of fused-ring (bicyclic) bond motifs is 1. The minimum atomic E-state index is -1.13. The minimum absolute atomic E-state index is 0.201. The van der Waals surface area contributed by atoms with E-state index < -0.39 is 47.1 Å². The number of aliphatic hydroxyl groups excluding tert-OH is 1. The predicted molar refractivity (Wildman–Crippen MR) is 134 cm³/mol. The van der Waals surface area contributed by atoms with Gasteiger partial charge < -0.3 is 24.4 Å². The fourth-order valence-electron chi connectivity index (χ4n) is 6.38. The Labute approximate surface area is 213 Å². The van der Waals surface area contributed by atoms with Crippen molar-refractivity contribution < 1.29 is 29.0 Å². The summed E-state index contributed by atoms with van der Waals surface area (Å²) in [7, 11) is 0. The van der Waals surface area contributed by atoms with Crippen LogP contribution in [0, 0.1) is 11.8 Å². The molecule has 3 saturated heterocycles. The Morgan fingerprint density at radius 2 is 2.03 bits per heavy atom. The lowest BCUT2D eigenvalue weighted by Gasteiger charge is -2.43. The molecule has 0 radical (unpaired) electrons. The van der Waals surface area contributed by atoms with Crippen LogP contribution in [0.1, 0.15) is 46.1 Å². The molecule has 0 saturated carbocycles. The number of benzene rings is 1. The Kier molecular flexibility index (Phi) is 7.30. The molecule has 8 nitrogen and oxygen atoms in total. The van der Waals surface area contributed by atoms with Crippen molar-refractivity contribution in [1.29, 1.82) is 0 Å². The first-order chi connectivity index (χ1) is 17.1. The standard InChI is InChI=1S/C28H38N2O6/c1-6-15-29(27(3,4)5)25(33)23-28-14-13-20(36-28)21(26(34)35-7-2)22(28)24(32)30(23)19(17-31)16-18-11-9-8-10-12-18/h6,8-12,19-23,31H,1,7,13-17H2,2-5H3/t19-,20-,21+,22+,23-,28+/m1/s1. The van der Waals surface area contributed by atoms with Crippen molar-refractivity contribution in [3.05, 3.63) is 48.6 Å². The van der Waals surface area contributed by atoms with Gasteiger partial charge in [0.2, 0.25) is 11.8 Å². The number of ether oxygens (including phenoxy) is 2. The molecule has 1 N–H and O–H groups in total. The van der Waals surface area contributed by atoms with E-state index in [1.54, 1.807) is 17.9 Å². The lowest BCUT2D eigenvalue weighted by molar-refractivity contribution is -0.157. The first-order valence-electron chi connectivity index (χ1n) is 12.8. The lowest BCUT2D eigenvalue weighted by atomic mass is 9.70. The van der Waals surface area contributed by atoms with Crippen LogP contribution in [0.3, 0.4) is 0 Å². The second kappa shape index (κ2) is 9.98. The number of hydrogen-bond donors (Lipinski definition) is 1. The van der Waals surface area contributed by atoms with E-state index in [2.05, 4.69) is 6.58 Å². The van der Waals surface area contributed by atoms with Crippen LogP contribution in [0.4, 0.5) is 0 Å². The van der Waals surface area contributed by atoms with Crippen LogP contribution in [0.15, 0.2) is 43.0 Å². The summed E-state index contributed by atoms with van der Waals surface area (Å²) < 4.78 is 11.8. The van der Waals surface area contributed by atoms with E-state index in [4.69, 9.17) is 9.47 Å². The molecule has 1 aromatic rings. The van der Waals surface area contributed by atoms with E-state index in [0.717, 1.165) is 5.56 Å². The van der Waals surface area contributed by atoms with Crippen LogP contribution < -0.4 is 0 Å². The molecule has 1 spiro atoms. The zero-order chi connectivity index (χ0) is 26.3. The Balaban J connectivity index is 1.81. The second-order valence-corrected chi connectivity index (χ2v) is 11.0. The summed E-state index contributed by atoms with van der Waals surface area (Å²) in [6.07, 6.45) is 2.65. The molecular formula is C28H38N2O6. The van der Waals surface area contributed by atoms with Crippen molar-refractivity contribution >= 4 is 17.8 Å². The Morgan fingerprint density at radius 1 is 1.33 bits per heavy atom. The largest absolute Gasteiger partial charge is 0.466 e. The predicted octanol–water partition coefficient (Wildman–Crippen LogP) is 2.34. The molecule has 3 aliphatic heterocycles. The number of carbonyl (C=O) groups is 3. The summed E-state index contributed by atoms with van der Waals surface area (Å²) in [6, 6.07) is 7.96. The maximum atomic E-state index is 14.3. The van der Waals surface area contributed by atoms with Crippen LogP contribution in [0.25, 0.3) is 0 Å². The van der Waals surface area contributed by atoms with E-state index in [1.165, 1.54) is 4.90 Å². The molecule has 2 bridgehead atoms. The SMILES string of the molecule is C=CCN(C(=O)[C@H]1N([C@@H](CO)Cc2ccccc2)C(=O)[C@@H]2[C@@H](C(=O)OCC)[C@H]3CC[C@]21O3)C(C)(C)C. The second-order valence-electron chi connectivity index (χ2n) is 11.0. The van der Waals surface area contributed by atoms with Crippen LogP contribution in [0.5, 0.6) is 0 Å². The highest BCUT2D eigenvalue weighted by Gasteiger charge is 2.75. The summed E-state index contributed by atoms with van der Waals surface area (Å²) >= 11 is 0. The number of likely N-dealkylation sites (tertiary alicyclic amines) is 1. The highest BCUT2D eigenvalue weighted by molar-refractivity contribution is 5.98. The van der Waals surface area contributed by atoms with Gasteiger partial charge in [-0.05, 0) is 52.5 Å². The summed E-state index contributed by atoms with van der Waals surface area (Å²) in [5, 5.41) is 10.5. The molecular weight excluding hydrogens is 460 g/mol. The molecule has 6 atom stereocenters. The van der Waals surface area contributed by atoms with Gasteiger partial charge in [-0.25, -0.2) is 0 Å². The average Bonchev–Trinajstić information content (AvgIpc) is 3.48. The molecule has 36 heavy (non-hydrogen) atoms. The van der Waals surface area contributed by atoms with E-state index >= 15 is 0 Å². The van der Waals surface area contributed by atoms with E-state index in [0.29, 0.717) is 25.8 Å². The summed E-state index contributed by atoms with van der Waals surface area (Å²) in [6.45, 7) is 11.5. The molecule has 2 amide bonds. The molecule has 196 valence electrons. The molecule has 0 aromatic heterocycles. The first kappa shape index (κ1) is 26.4. The van der Waals surface area contributed by atoms with Crippen molar-refractivity contribution in [3.8, 4) is 0 Å². The van der Waals surface area contributed by atoms with Crippen molar-refractivity contribution in [3.63, 3.8) is 0 Å². The Morgan fingerprint density at radius 3 is 2.61 bits per heavy atom. The van der Waals surface area contributed by atoms with Gasteiger partial charge in [0.25, 0.3) is 0 Å². The summed E-state index contributed by atoms with van der Waals surface area (Å²) in [4.78, 5) is 44.7. The average molecular weight is 499 g/mol. The highest BCUT2D eigenvalue weighted by Crippen LogP contribution is 2.59. The topological polar surface area (TPSA) is 96.4 Å². The number of aliphatic hydroxyl groups is 1. The number of amides is 2. The third-order valence-electron chi connectivity index (χ3n) is 7.84. The molecule has 3 heterocycles. The van der Waals surface area contributed by atoms with Crippen molar-refractivity contribution in [2.24, 2.45) is 11.8 Å². The van der Waals surface area contributed by atoms with E-state index in [1.807, 2.05) is 51.1 Å². The molecule has 0 aliphatic carbocycles. The number of nitrogens with zero attached hydrogens (tertiary/aromatic N) is 2. The highest BCUT2D eigenvalue weighted by atomic mass is 16.6. The van der Waals surface area contributed by atoms with Crippen LogP contribution in [0.2, 0.25) is 0 Å². The van der Waals surface area contributed by atoms with Crippen LogP contribution in [-0.2, 0) is 30.3 Å². The Bertz CT molecular complexity index is 1010. The lowest BCUT2D eigenvalue weighted by Crippen LogP contribution is -2.61. The third kappa shape index (κ3) is 4.24. The van der Waals surface area contributed by atoms with E-state index in [9.17, 15) is 19.5 Å². The quantitative estimate of drug-likeness (QED) is 0.415. The summed E-state index contributed by atoms with van der Waals surface area (Å²) in [5.41, 5.74) is -0.735. The van der Waals surface area contributed by atoms with Crippen molar-refractivity contribution in [2.45, 2.75) is 76.3 Å². The van der Waals surface area contributed by atoms with Crippen molar-refractivity contribution in [2.75, 3.05) is 19.8 Å². The third-order valence-corrected chi connectivity index (χ3v) is 7.84. The fourth-order valence-corrected chi connectivity index (χ4v) is 6.38. The molecule has 1 aromatic carbocycles. The number of hydrogen-bond acceptors (Lipinski definition) is 6. The summed E-state index contributed by atoms with van der Waals surface area (Å²) in [5.74, 6) is -2.62. The molecule has 8 heteroatoms. The van der Waals surface area contributed by atoms with Crippen molar-refractivity contribution in [1.82, 2.24) is 9.80 Å². The fraction of sp³-hybridized carbons (Fsp3) is 0.607. The maximum absolute atomic E-state index is 14.3. The number of esters is 1.